The average molecular weight is 392 g/mol. The third kappa shape index (κ3) is 3.41. The number of hydrogen-bond donors (Lipinski definition) is 1. The third-order valence-corrected chi connectivity index (χ3v) is 4.12. The summed E-state index contributed by atoms with van der Waals surface area (Å²) < 4.78 is 27.7. The van der Waals surface area contributed by atoms with E-state index in [2.05, 4.69) is 31.9 Å². The minimum atomic E-state index is -0.987. The van der Waals surface area contributed by atoms with Crippen LogP contribution in [0.4, 0.5) is 8.78 Å². The Morgan fingerprint density at radius 1 is 1.05 bits per heavy atom. The molecule has 0 bridgehead atoms. The Morgan fingerprint density at radius 2 is 1.79 bits per heavy atom. The molecule has 19 heavy (non-hydrogen) atoms. The molecule has 0 heterocycles. The molecule has 1 N–H and O–H groups in total. The third-order valence-electron chi connectivity index (χ3n) is 2.77. The summed E-state index contributed by atoms with van der Waals surface area (Å²) in [6, 6.07) is 8.95. The Balaban J connectivity index is 2.25. The van der Waals surface area contributed by atoms with E-state index < -0.39 is 11.9 Å². The number of halogens is 4. The molecule has 1 unspecified atom stereocenters. The highest BCUT2D eigenvalue weighted by atomic mass is 79.9. The molecule has 2 rings (SSSR count). The minimum absolute atomic E-state index is 0.203. The zero-order valence-electron chi connectivity index (χ0n) is 9.71. The van der Waals surface area contributed by atoms with Crippen molar-refractivity contribution in [3.63, 3.8) is 0 Å². The molecule has 100 valence electrons. The molecule has 0 aliphatic heterocycles. The maximum absolute atomic E-state index is 13.8. The van der Waals surface area contributed by atoms with E-state index in [0.717, 1.165) is 0 Å². The van der Waals surface area contributed by atoms with Crippen LogP contribution in [0.25, 0.3) is 0 Å². The molecule has 0 aromatic heterocycles. The van der Waals surface area contributed by atoms with Crippen molar-refractivity contribution in [1.29, 1.82) is 0 Å². The van der Waals surface area contributed by atoms with Crippen molar-refractivity contribution in [1.82, 2.24) is 0 Å². The van der Waals surface area contributed by atoms with Gasteiger partial charge in [0, 0.05) is 16.5 Å². The molecule has 0 radical (unpaired) electrons. The highest BCUT2D eigenvalue weighted by Crippen LogP contribution is 2.28. The fourth-order valence-corrected chi connectivity index (χ4v) is 2.68. The van der Waals surface area contributed by atoms with Crippen LogP contribution in [-0.2, 0) is 6.42 Å². The van der Waals surface area contributed by atoms with Crippen molar-refractivity contribution in [2.45, 2.75) is 12.5 Å². The van der Waals surface area contributed by atoms with Gasteiger partial charge in [-0.15, -0.1) is 0 Å². The van der Waals surface area contributed by atoms with E-state index in [-0.39, 0.29) is 17.8 Å². The molecule has 1 nitrogen and oxygen atoms in total. The van der Waals surface area contributed by atoms with Crippen LogP contribution in [0.1, 0.15) is 17.2 Å². The summed E-state index contributed by atoms with van der Waals surface area (Å²) in [5.74, 6) is -0.841. The smallest absolute Gasteiger partial charge is 0.143 e. The fourth-order valence-electron chi connectivity index (χ4n) is 1.78. The molecule has 0 aliphatic rings. The van der Waals surface area contributed by atoms with E-state index in [0.29, 0.717) is 14.5 Å². The van der Waals surface area contributed by atoms with E-state index >= 15 is 0 Å². The van der Waals surface area contributed by atoms with Crippen molar-refractivity contribution in [2.75, 3.05) is 0 Å². The lowest BCUT2D eigenvalue weighted by Crippen LogP contribution is -2.05. The van der Waals surface area contributed by atoms with Crippen molar-refractivity contribution in [2.24, 2.45) is 0 Å². The van der Waals surface area contributed by atoms with Gasteiger partial charge in [-0.05, 0) is 39.7 Å². The second kappa shape index (κ2) is 6.11. The predicted octanol–water partition coefficient (Wildman–Crippen LogP) is 4.77. The first-order chi connectivity index (χ1) is 8.99. The Morgan fingerprint density at radius 3 is 2.47 bits per heavy atom. The van der Waals surface area contributed by atoms with Crippen molar-refractivity contribution in [3.05, 3.63) is 68.1 Å². The lowest BCUT2D eigenvalue weighted by atomic mass is 10.0. The van der Waals surface area contributed by atoms with Crippen LogP contribution in [0.5, 0.6) is 0 Å². The van der Waals surface area contributed by atoms with Gasteiger partial charge in [-0.1, -0.05) is 34.1 Å². The van der Waals surface area contributed by atoms with Crippen molar-refractivity contribution in [3.8, 4) is 0 Å². The monoisotopic (exact) mass is 390 g/mol. The normalized spacial score (nSPS) is 12.5. The SMILES string of the molecule is OC(Cc1ccc(F)cc1Br)c1cccc(Br)c1F. The molecule has 0 amide bonds. The van der Waals surface area contributed by atoms with Gasteiger partial charge in [0.05, 0.1) is 10.6 Å². The molecular formula is C14H10Br2F2O. The zero-order valence-corrected chi connectivity index (χ0v) is 12.9. The number of aliphatic hydroxyl groups is 1. The first-order valence-electron chi connectivity index (χ1n) is 5.55. The summed E-state index contributed by atoms with van der Waals surface area (Å²) in [4.78, 5) is 0. The summed E-state index contributed by atoms with van der Waals surface area (Å²) in [5, 5.41) is 10.1. The predicted molar refractivity (Wildman–Crippen MR) is 76.9 cm³/mol. The largest absolute Gasteiger partial charge is 0.388 e. The van der Waals surface area contributed by atoms with Crippen LogP contribution in [0.3, 0.4) is 0 Å². The maximum Gasteiger partial charge on any atom is 0.143 e. The Kier molecular flexibility index (Phi) is 4.71. The van der Waals surface area contributed by atoms with E-state index in [1.807, 2.05) is 0 Å². The first kappa shape index (κ1) is 14.6. The standard InChI is InChI=1S/C14H10Br2F2O/c15-11-3-1-2-10(14(11)18)13(19)6-8-4-5-9(17)7-12(8)16/h1-5,7,13,19H,6H2. The van der Waals surface area contributed by atoms with E-state index in [1.54, 1.807) is 18.2 Å². The molecule has 0 saturated carbocycles. The molecule has 2 aromatic carbocycles. The summed E-state index contributed by atoms with van der Waals surface area (Å²) in [5.41, 5.74) is 0.930. The van der Waals surface area contributed by atoms with Crippen LogP contribution in [0, 0.1) is 11.6 Å². The van der Waals surface area contributed by atoms with E-state index in [1.165, 1.54) is 18.2 Å². The average Bonchev–Trinajstić information content (AvgIpc) is 2.36. The molecule has 5 heteroatoms. The van der Waals surface area contributed by atoms with Crippen LogP contribution in [-0.4, -0.2) is 5.11 Å². The lowest BCUT2D eigenvalue weighted by molar-refractivity contribution is 0.173. The Labute approximate surface area is 126 Å². The maximum atomic E-state index is 13.8. The highest BCUT2D eigenvalue weighted by molar-refractivity contribution is 9.10. The second-order valence-electron chi connectivity index (χ2n) is 4.10. The first-order valence-corrected chi connectivity index (χ1v) is 7.13. The Bertz CT molecular complexity index is 602. The van der Waals surface area contributed by atoms with Gasteiger partial charge < -0.3 is 5.11 Å². The van der Waals surface area contributed by atoms with Crippen LogP contribution in [0.2, 0.25) is 0 Å². The molecule has 0 aliphatic carbocycles. The number of rotatable bonds is 3. The molecule has 0 spiro atoms. The van der Waals surface area contributed by atoms with Gasteiger partial charge in [-0.3, -0.25) is 0 Å². The summed E-state index contributed by atoms with van der Waals surface area (Å²) in [6.45, 7) is 0. The quantitative estimate of drug-likeness (QED) is 0.799. The van der Waals surface area contributed by atoms with Crippen molar-refractivity contribution < 1.29 is 13.9 Å². The summed E-state index contributed by atoms with van der Waals surface area (Å²) in [6.07, 6.45) is -0.784. The number of aliphatic hydroxyl groups excluding tert-OH is 1. The fraction of sp³-hybridized carbons (Fsp3) is 0.143. The van der Waals surface area contributed by atoms with Gasteiger partial charge in [0.2, 0.25) is 0 Å². The molecule has 0 fully saturated rings. The highest BCUT2D eigenvalue weighted by Gasteiger charge is 2.16. The number of hydrogen-bond acceptors (Lipinski definition) is 1. The van der Waals surface area contributed by atoms with Crippen LogP contribution < -0.4 is 0 Å². The van der Waals surface area contributed by atoms with Gasteiger partial charge in [-0.25, -0.2) is 8.78 Å². The van der Waals surface area contributed by atoms with Gasteiger partial charge in [0.15, 0.2) is 0 Å². The van der Waals surface area contributed by atoms with Gasteiger partial charge in [-0.2, -0.15) is 0 Å². The van der Waals surface area contributed by atoms with Crippen LogP contribution in [0.15, 0.2) is 45.3 Å². The van der Waals surface area contributed by atoms with Gasteiger partial charge in [0.25, 0.3) is 0 Å². The van der Waals surface area contributed by atoms with E-state index in [9.17, 15) is 13.9 Å². The molecule has 0 saturated heterocycles. The number of benzene rings is 2. The van der Waals surface area contributed by atoms with Crippen LogP contribution >= 0.6 is 31.9 Å². The lowest BCUT2D eigenvalue weighted by Gasteiger charge is -2.14. The van der Waals surface area contributed by atoms with E-state index in [4.69, 9.17) is 0 Å². The molecular weight excluding hydrogens is 382 g/mol. The molecule has 2 aromatic rings. The topological polar surface area (TPSA) is 20.2 Å². The molecule has 1 atom stereocenters. The van der Waals surface area contributed by atoms with Crippen molar-refractivity contribution >= 4 is 31.9 Å². The summed E-state index contributed by atoms with van der Waals surface area (Å²) in [7, 11) is 0. The second-order valence-corrected chi connectivity index (χ2v) is 5.81. The minimum Gasteiger partial charge on any atom is -0.388 e. The zero-order chi connectivity index (χ0) is 14.0. The Hall–Kier alpha value is -0.780. The van der Waals surface area contributed by atoms with Gasteiger partial charge in [0.1, 0.15) is 11.6 Å². The summed E-state index contributed by atoms with van der Waals surface area (Å²) >= 11 is 6.31. The van der Waals surface area contributed by atoms with Gasteiger partial charge >= 0.3 is 0 Å².